The van der Waals surface area contributed by atoms with Gasteiger partial charge in [-0.15, -0.1) is 0 Å². The van der Waals surface area contributed by atoms with Crippen molar-refractivity contribution >= 4 is 51.0 Å². The third kappa shape index (κ3) is 4.88. The summed E-state index contributed by atoms with van der Waals surface area (Å²) < 4.78 is 6.92. The first-order chi connectivity index (χ1) is 12.5. The summed E-state index contributed by atoms with van der Waals surface area (Å²) in [5.41, 5.74) is 3.61. The smallest absolute Gasteiger partial charge is 0.128 e. The fraction of sp³-hybridized carbons (Fsp3) is 0.0952. The van der Waals surface area contributed by atoms with Gasteiger partial charge in [0.25, 0.3) is 0 Å². The van der Waals surface area contributed by atoms with E-state index in [-0.39, 0.29) is 0 Å². The lowest BCUT2D eigenvalue weighted by Gasteiger charge is -2.10. The molecule has 26 heavy (non-hydrogen) atoms. The Hall–Kier alpha value is -1.81. The standard InChI is InChI=1S/C21H16BrCl2NO/c1-14-6-8-18(11-20(14)24)25-12-16-10-17(22)7-9-21(16)26-13-15-4-2-3-5-19(15)23/h2-12H,13H2,1H3. The maximum Gasteiger partial charge on any atom is 0.128 e. The van der Waals surface area contributed by atoms with E-state index in [2.05, 4.69) is 20.9 Å². The molecule has 0 fully saturated rings. The minimum absolute atomic E-state index is 0.387. The van der Waals surface area contributed by atoms with E-state index in [1.807, 2.05) is 67.6 Å². The Morgan fingerprint density at radius 1 is 1.00 bits per heavy atom. The highest BCUT2D eigenvalue weighted by molar-refractivity contribution is 9.10. The molecule has 0 aliphatic heterocycles. The Morgan fingerprint density at radius 3 is 2.58 bits per heavy atom. The van der Waals surface area contributed by atoms with Gasteiger partial charge in [0.15, 0.2) is 0 Å². The van der Waals surface area contributed by atoms with Crippen molar-refractivity contribution < 1.29 is 4.74 Å². The van der Waals surface area contributed by atoms with Crippen LogP contribution in [0.1, 0.15) is 16.7 Å². The summed E-state index contributed by atoms with van der Waals surface area (Å²) in [6, 6.07) is 19.2. The molecule has 2 nitrogen and oxygen atoms in total. The Labute approximate surface area is 171 Å². The molecule has 3 rings (SSSR count). The van der Waals surface area contributed by atoms with E-state index in [1.165, 1.54) is 0 Å². The van der Waals surface area contributed by atoms with Crippen molar-refractivity contribution in [2.45, 2.75) is 13.5 Å². The molecule has 0 unspecified atom stereocenters. The highest BCUT2D eigenvalue weighted by Gasteiger charge is 2.06. The molecule has 132 valence electrons. The van der Waals surface area contributed by atoms with Crippen molar-refractivity contribution in [1.29, 1.82) is 0 Å². The van der Waals surface area contributed by atoms with Crippen molar-refractivity contribution in [1.82, 2.24) is 0 Å². The lowest BCUT2D eigenvalue weighted by Crippen LogP contribution is -1.99. The molecule has 0 bridgehead atoms. The monoisotopic (exact) mass is 447 g/mol. The highest BCUT2D eigenvalue weighted by atomic mass is 79.9. The highest BCUT2D eigenvalue weighted by Crippen LogP contribution is 2.26. The van der Waals surface area contributed by atoms with Crippen LogP contribution in [0.4, 0.5) is 5.69 Å². The first kappa shape index (κ1) is 19.0. The number of aryl methyl sites for hydroxylation is 1. The van der Waals surface area contributed by atoms with Gasteiger partial charge in [-0.25, -0.2) is 0 Å². The van der Waals surface area contributed by atoms with Crippen LogP contribution in [0.2, 0.25) is 10.0 Å². The molecule has 0 radical (unpaired) electrons. The molecule has 3 aromatic carbocycles. The normalized spacial score (nSPS) is 11.1. The molecule has 5 heteroatoms. The fourth-order valence-electron chi connectivity index (χ4n) is 2.33. The molecule has 0 aliphatic carbocycles. The van der Waals surface area contributed by atoms with Gasteiger partial charge in [-0.1, -0.05) is 63.4 Å². The number of hydrogen-bond donors (Lipinski definition) is 0. The van der Waals surface area contributed by atoms with E-state index in [1.54, 1.807) is 6.21 Å². The molecule has 0 saturated heterocycles. The third-order valence-corrected chi connectivity index (χ3v) is 5.09. The summed E-state index contributed by atoms with van der Waals surface area (Å²) in [5.74, 6) is 0.732. The molecular formula is C21H16BrCl2NO. The summed E-state index contributed by atoms with van der Waals surface area (Å²) >= 11 is 15.9. The van der Waals surface area contributed by atoms with Crippen molar-refractivity contribution in [3.8, 4) is 5.75 Å². The lowest BCUT2D eigenvalue weighted by atomic mass is 10.2. The Morgan fingerprint density at radius 2 is 1.81 bits per heavy atom. The molecule has 3 aromatic rings. The van der Waals surface area contributed by atoms with Gasteiger partial charge in [0.2, 0.25) is 0 Å². The molecule has 0 atom stereocenters. The van der Waals surface area contributed by atoms with Gasteiger partial charge in [-0.3, -0.25) is 4.99 Å². The van der Waals surface area contributed by atoms with Crippen LogP contribution in [0, 0.1) is 6.92 Å². The maximum absolute atomic E-state index is 6.20. The minimum atomic E-state index is 0.387. The van der Waals surface area contributed by atoms with Crippen molar-refractivity contribution in [2.75, 3.05) is 0 Å². The van der Waals surface area contributed by atoms with Crippen LogP contribution < -0.4 is 4.74 Å². The lowest BCUT2D eigenvalue weighted by molar-refractivity contribution is 0.306. The third-order valence-electron chi connectivity index (χ3n) is 3.82. The zero-order valence-electron chi connectivity index (χ0n) is 14.0. The SMILES string of the molecule is Cc1ccc(N=Cc2cc(Br)ccc2OCc2ccccc2Cl)cc1Cl. The number of benzene rings is 3. The number of aliphatic imine (C=N–C) groups is 1. The zero-order valence-corrected chi connectivity index (χ0v) is 17.1. The van der Waals surface area contributed by atoms with Crippen LogP contribution in [0.25, 0.3) is 0 Å². The summed E-state index contributed by atoms with van der Waals surface area (Å²) in [5, 5.41) is 1.39. The number of nitrogens with zero attached hydrogens (tertiary/aromatic N) is 1. The van der Waals surface area contributed by atoms with Gasteiger partial charge >= 0.3 is 0 Å². The van der Waals surface area contributed by atoms with Crippen LogP contribution >= 0.6 is 39.1 Å². The summed E-state index contributed by atoms with van der Waals surface area (Å²) in [7, 11) is 0. The second-order valence-corrected chi connectivity index (χ2v) is 7.48. The average molecular weight is 449 g/mol. The topological polar surface area (TPSA) is 21.6 Å². The van der Waals surface area contributed by atoms with Crippen LogP contribution in [-0.4, -0.2) is 6.21 Å². The second-order valence-electron chi connectivity index (χ2n) is 5.75. The maximum atomic E-state index is 6.20. The van der Waals surface area contributed by atoms with Gasteiger partial charge in [-0.05, 0) is 48.9 Å². The number of hydrogen-bond acceptors (Lipinski definition) is 2. The van der Waals surface area contributed by atoms with E-state index in [0.29, 0.717) is 16.7 Å². The van der Waals surface area contributed by atoms with Crippen LogP contribution in [0.3, 0.4) is 0 Å². The molecule has 0 amide bonds. The van der Waals surface area contributed by atoms with Gasteiger partial charge in [0.1, 0.15) is 12.4 Å². The average Bonchev–Trinajstić information content (AvgIpc) is 2.63. The van der Waals surface area contributed by atoms with Gasteiger partial charge in [-0.2, -0.15) is 0 Å². The zero-order chi connectivity index (χ0) is 18.5. The van der Waals surface area contributed by atoms with Crippen LogP contribution in [-0.2, 0) is 6.61 Å². The Bertz CT molecular complexity index is 956. The minimum Gasteiger partial charge on any atom is -0.488 e. The molecule has 0 heterocycles. The number of halogens is 3. The summed E-state index contributed by atoms with van der Waals surface area (Å²) in [6.07, 6.45) is 1.77. The first-order valence-corrected chi connectivity index (χ1v) is 9.54. The molecule has 0 aliphatic rings. The van der Waals surface area contributed by atoms with Gasteiger partial charge < -0.3 is 4.74 Å². The molecule has 0 spiro atoms. The van der Waals surface area contributed by atoms with Crippen molar-refractivity contribution in [3.05, 3.63) is 91.9 Å². The Balaban J connectivity index is 1.82. The fourth-order valence-corrected chi connectivity index (χ4v) is 3.07. The van der Waals surface area contributed by atoms with Crippen LogP contribution in [0.5, 0.6) is 5.75 Å². The van der Waals surface area contributed by atoms with E-state index in [9.17, 15) is 0 Å². The second kappa shape index (κ2) is 8.72. The number of rotatable bonds is 5. The molecular weight excluding hydrogens is 433 g/mol. The van der Waals surface area contributed by atoms with Crippen LogP contribution in [0.15, 0.2) is 70.1 Å². The Kier molecular flexibility index (Phi) is 6.36. The summed E-state index contributed by atoms with van der Waals surface area (Å²) in [6.45, 7) is 2.35. The van der Waals surface area contributed by atoms with Gasteiger partial charge in [0.05, 0.1) is 5.69 Å². The first-order valence-electron chi connectivity index (χ1n) is 7.99. The number of ether oxygens (including phenoxy) is 1. The van der Waals surface area contributed by atoms with E-state index in [4.69, 9.17) is 27.9 Å². The van der Waals surface area contributed by atoms with Gasteiger partial charge in [0, 0.05) is 31.9 Å². The van der Waals surface area contributed by atoms with E-state index >= 15 is 0 Å². The predicted octanol–water partition coefficient (Wildman–Crippen LogP) is 7.39. The predicted molar refractivity (Wildman–Crippen MR) is 113 cm³/mol. The molecule has 0 aromatic heterocycles. The van der Waals surface area contributed by atoms with E-state index < -0.39 is 0 Å². The van der Waals surface area contributed by atoms with Crippen molar-refractivity contribution in [3.63, 3.8) is 0 Å². The molecule has 0 N–H and O–H groups in total. The molecule has 0 saturated carbocycles. The van der Waals surface area contributed by atoms with Crippen molar-refractivity contribution in [2.24, 2.45) is 4.99 Å². The quantitative estimate of drug-likeness (QED) is 0.372. The summed E-state index contributed by atoms with van der Waals surface area (Å²) in [4.78, 5) is 4.52. The largest absolute Gasteiger partial charge is 0.488 e. The van der Waals surface area contributed by atoms with E-state index in [0.717, 1.165) is 32.6 Å².